The van der Waals surface area contributed by atoms with Crippen molar-refractivity contribution in [3.05, 3.63) is 166 Å². The van der Waals surface area contributed by atoms with E-state index in [1.54, 1.807) is 218 Å². The summed E-state index contributed by atoms with van der Waals surface area (Å²) in [6.45, 7) is 26.3. The second-order valence-corrected chi connectivity index (χ2v) is 37.4. The van der Waals surface area contributed by atoms with E-state index in [2.05, 4.69) is 10.6 Å². The number of fused-ring (bicyclic) bond motifs is 8. The fourth-order valence-electron chi connectivity index (χ4n) is 21.8. The van der Waals surface area contributed by atoms with E-state index in [0.29, 0.717) is 59.1 Å². The number of amides is 2. The number of Topliss-reactive ketones (excluding diaryl/α,β-unsaturated/α-hetero) is 2. The number of carbonyl (C=O) groups is 12. The van der Waals surface area contributed by atoms with E-state index < -0.39 is 219 Å². The lowest BCUT2D eigenvalue weighted by Crippen LogP contribution is -2.77. The molecule has 2 amide bonds. The average molecular weight is 1680 g/mol. The van der Waals surface area contributed by atoms with Gasteiger partial charge in [0.15, 0.2) is 17.3 Å². The Hall–Kier alpha value is -10.2. The number of carboxylic acids is 1. The highest BCUT2D eigenvalue weighted by molar-refractivity contribution is 5.96. The third-order valence-corrected chi connectivity index (χ3v) is 27.2. The largest absolute Gasteiger partial charge is 0.481 e. The molecule has 8 aliphatic carbocycles. The number of rotatable bonds is 20. The molecule has 650 valence electrons. The number of nitrogens with one attached hydrogen (secondary N) is 2. The van der Waals surface area contributed by atoms with E-state index in [1.165, 1.54) is 13.8 Å². The zero-order valence-corrected chi connectivity index (χ0v) is 71.0. The number of aliphatic hydroxyl groups is 3. The van der Waals surface area contributed by atoms with Crippen LogP contribution in [0.4, 0.5) is 9.59 Å². The summed E-state index contributed by atoms with van der Waals surface area (Å²) in [7, 11) is 0. The molecule has 29 heteroatoms. The highest BCUT2D eigenvalue weighted by Gasteiger charge is 2.86. The van der Waals surface area contributed by atoms with Crippen molar-refractivity contribution < 1.29 is 130 Å². The second-order valence-electron chi connectivity index (χ2n) is 37.4. The molecule has 0 radical (unpaired) electrons. The number of aliphatic carboxylic acids is 1. The third-order valence-electron chi connectivity index (χ3n) is 27.2. The molecule has 6 saturated carbocycles. The van der Waals surface area contributed by atoms with Crippen molar-refractivity contribution in [1.29, 1.82) is 0 Å². The third kappa shape index (κ3) is 15.7. The number of carboxylic acid groups (broad SMARTS) is 1. The fourth-order valence-corrected chi connectivity index (χ4v) is 21.8. The maximum atomic E-state index is 15.4. The molecule has 0 aromatic heterocycles. The topological polar surface area (TPSA) is 411 Å². The molecule has 2 spiro atoms. The molecule has 2 heterocycles. The van der Waals surface area contributed by atoms with Crippen LogP contribution >= 0.6 is 0 Å². The molecule has 2 saturated heterocycles. The highest BCUT2D eigenvalue weighted by Crippen LogP contribution is 2.77. The van der Waals surface area contributed by atoms with Crippen LogP contribution in [0.25, 0.3) is 0 Å². The van der Waals surface area contributed by atoms with Crippen molar-refractivity contribution >= 4 is 71.5 Å². The number of hydrogen-bond acceptors (Lipinski definition) is 26. The van der Waals surface area contributed by atoms with E-state index in [1.807, 2.05) is 0 Å². The molecule has 14 rings (SSSR count). The first-order valence-electron chi connectivity index (χ1n) is 41.3. The van der Waals surface area contributed by atoms with Gasteiger partial charge >= 0.3 is 59.9 Å². The van der Waals surface area contributed by atoms with Crippen LogP contribution in [-0.4, -0.2) is 188 Å². The van der Waals surface area contributed by atoms with Gasteiger partial charge in [-0.2, -0.15) is 0 Å². The Morgan fingerprint density at radius 2 is 0.876 bits per heavy atom. The summed E-state index contributed by atoms with van der Waals surface area (Å²) in [5.41, 5.74) is -10.9. The monoisotopic (exact) mass is 1670 g/mol. The Balaban J connectivity index is 0.000000210. The summed E-state index contributed by atoms with van der Waals surface area (Å²) < 4.78 is 66.5. The van der Waals surface area contributed by atoms with Crippen LogP contribution in [0.3, 0.4) is 0 Å². The Kier molecular flexibility index (Phi) is 23.6. The molecule has 0 unspecified atom stereocenters. The maximum Gasteiger partial charge on any atom is 0.408 e. The Bertz CT molecular complexity index is 4840. The van der Waals surface area contributed by atoms with E-state index in [4.69, 9.17) is 52.1 Å². The van der Waals surface area contributed by atoms with Crippen LogP contribution in [0.15, 0.2) is 144 Å². The predicted molar refractivity (Wildman–Crippen MR) is 427 cm³/mol. The average Bonchev–Trinajstić information content (AvgIpc) is 1.50. The molecule has 22 atom stereocenters. The van der Waals surface area contributed by atoms with Gasteiger partial charge in [0.05, 0.1) is 55.1 Å². The smallest absolute Gasteiger partial charge is 0.408 e. The first kappa shape index (κ1) is 88.6. The van der Waals surface area contributed by atoms with E-state index >= 15 is 9.59 Å². The zero-order chi connectivity index (χ0) is 88.2. The molecular formula is C92H110N2O27. The zero-order valence-electron chi connectivity index (χ0n) is 71.0. The summed E-state index contributed by atoms with van der Waals surface area (Å²) >= 11 is 0. The lowest BCUT2D eigenvalue weighted by atomic mass is 9.47. The molecule has 8 fully saturated rings. The van der Waals surface area contributed by atoms with Crippen molar-refractivity contribution in [2.45, 2.75) is 257 Å². The SMILES string of the molecule is CC(=O)O[C@@]12CO[C@@H]1C[C@@H]1C[C@@]13C(=O)[C@H](C)C1=C(C)[C@@H](OC(=O)[C@H](O)[C@@H](NC(=O)OC(C)(C)C)c4ccccc4)C[C@@](O)([C@@H](OC(=O)c4ccccc4)[C@H]23)C1(C)C.CC(=O)O[C@@]12CO[C@@H]1C[C@@H]1C[C@@]13C(=O)[C@H](C)C1=C(C)[C@@H](OC(=O)[C@H](OC(=O)CCC(=O)O)[C@@H](NC(=O)OC(C)(C)C)c4ccccc4)C[C@@](O)([C@@H](OC(=O)c4ccccc4)[C@H]23)C1(C)C. The first-order chi connectivity index (χ1) is 56.6. The molecule has 4 aromatic rings. The molecule has 10 aliphatic rings. The number of ketones is 2. The molecule has 121 heavy (non-hydrogen) atoms. The minimum Gasteiger partial charge on any atom is -0.481 e. The minimum atomic E-state index is -2.15. The molecule has 6 N–H and O–H groups in total. The van der Waals surface area contributed by atoms with Gasteiger partial charge in [-0.15, -0.1) is 0 Å². The van der Waals surface area contributed by atoms with Crippen molar-refractivity contribution in [3.63, 3.8) is 0 Å². The van der Waals surface area contributed by atoms with E-state index in [9.17, 15) is 68.4 Å². The van der Waals surface area contributed by atoms with E-state index in [0.717, 1.165) is 0 Å². The lowest BCUT2D eigenvalue weighted by Gasteiger charge is -2.64. The number of benzene rings is 4. The Morgan fingerprint density at radius 1 is 0.512 bits per heavy atom. The van der Waals surface area contributed by atoms with Gasteiger partial charge in [-0.05, 0) is 151 Å². The number of alkyl carbamates (subject to hydrolysis) is 2. The van der Waals surface area contributed by atoms with Crippen molar-refractivity contribution in [2.24, 2.45) is 57.2 Å². The van der Waals surface area contributed by atoms with Gasteiger partial charge < -0.3 is 83.2 Å². The summed E-state index contributed by atoms with van der Waals surface area (Å²) in [6, 6.07) is 30.2. The van der Waals surface area contributed by atoms with Crippen LogP contribution < -0.4 is 10.6 Å². The van der Waals surface area contributed by atoms with Crippen LogP contribution in [0, 0.1) is 57.2 Å². The number of carbonyl (C=O) groups excluding carboxylic acids is 11. The van der Waals surface area contributed by atoms with Gasteiger partial charge in [-0.25, -0.2) is 28.8 Å². The quantitative estimate of drug-likeness (QED) is 0.0272. The first-order valence-corrected chi connectivity index (χ1v) is 41.3. The minimum absolute atomic E-state index is 0.0637. The number of aliphatic hydroxyl groups excluding tert-OH is 1. The van der Waals surface area contributed by atoms with Gasteiger partial charge in [0, 0.05) is 60.2 Å². The molecule has 4 aromatic carbocycles. The van der Waals surface area contributed by atoms with Crippen molar-refractivity contribution in [1.82, 2.24) is 10.6 Å². The second kappa shape index (κ2) is 32.2. The Labute approximate surface area is 701 Å². The molecular weight excluding hydrogens is 1560 g/mol. The summed E-state index contributed by atoms with van der Waals surface area (Å²) in [4.78, 5) is 165. The van der Waals surface area contributed by atoms with Gasteiger partial charge in [0.1, 0.15) is 76.6 Å². The normalized spacial score (nSPS) is 33.2. The highest BCUT2D eigenvalue weighted by atomic mass is 16.7. The maximum absolute atomic E-state index is 15.4. The van der Waals surface area contributed by atoms with Gasteiger partial charge in [0.25, 0.3) is 0 Å². The standard InChI is InChI=1S/C48H57NO15.C44H53NO12/c1-25-31(60-42(56)37(61-34(53)20-19-33(51)52)36(28-15-11-9-12-16-28)49-43(57)64-44(4,5)6)23-48(58)40(62-41(55)29-17-13-10-14-18-29)38-46(39(54)26(2)35(25)45(48,7)8)22-30(46)21-32-47(38,24-59-32)63-27(3)50;1-23-29(54-38(50)33(47)32(26-15-11-9-12-16-26)45-39(51)57-40(4,5)6)21-44(52)36(55-37(49)27-17-13-10-14-18-27)34-42(35(48)24(2)31(23)41(44,7)8)20-28(42)19-30-43(34,22-53-30)56-25(3)46/h9-18,26,30-32,36-38,40,58H,19-24H2,1-8H3,(H,49,57)(H,51,52);9-18,24,28-30,32-34,36,47,52H,19-22H2,1-8H3,(H,45,51)/t26-,30-,31+,32-,36+,37-,38+,40+,46-,47+,48-;24-,28-,29+,30-,32+,33-,34+,36+,42-,43+,44-/m11/s1. The Morgan fingerprint density at radius 3 is 1.23 bits per heavy atom. The number of hydrogen-bond donors (Lipinski definition) is 6. The number of esters is 7. The molecule has 2 aliphatic heterocycles. The summed E-state index contributed by atoms with van der Waals surface area (Å²) in [6.07, 6.45) is -12.9. The van der Waals surface area contributed by atoms with Gasteiger partial charge in [-0.1, -0.05) is 139 Å². The fraction of sp³-hybridized carbons (Fsp3) is 0.565. The van der Waals surface area contributed by atoms with Crippen LogP contribution in [-0.2, 0) is 90.5 Å². The van der Waals surface area contributed by atoms with Crippen LogP contribution in [0.1, 0.15) is 206 Å². The summed E-state index contributed by atoms with van der Waals surface area (Å²) in [5, 5.41) is 53.5. The molecule has 4 bridgehead atoms. The van der Waals surface area contributed by atoms with Crippen LogP contribution in [0.2, 0.25) is 0 Å². The number of ether oxygens (including phenoxy) is 11. The van der Waals surface area contributed by atoms with Gasteiger partial charge in [-0.3, -0.25) is 28.8 Å². The van der Waals surface area contributed by atoms with Crippen LogP contribution in [0.5, 0.6) is 0 Å². The lowest BCUT2D eigenvalue weighted by molar-refractivity contribution is -0.322. The van der Waals surface area contributed by atoms with Crippen molar-refractivity contribution in [2.75, 3.05) is 13.2 Å². The van der Waals surface area contributed by atoms with Gasteiger partial charge in [0.2, 0.25) is 6.10 Å². The predicted octanol–water partition coefficient (Wildman–Crippen LogP) is 10.8. The van der Waals surface area contributed by atoms with E-state index in [-0.39, 0.29) is 54.2 Å². The molecule has 29 nitrogen and oxygen atoms in total. The summed E-state index contributed by atoms with van der Waals surface area (Å²) in [5.74, 6) is -12.0. The van der Waals surface area contributed by atoms with Crippen molar-refractivity contribution in [3.8, 4) is 0 Å².